The summed E-state index contributed by atoms with van der Waals surface area (Å²) in [6, 6.07) is 9.99. The summed E-state index contributed by atoms with van der Waals surface area (Å²) < 4.78 is 0. The van der Waals surface area contributed by atoms with Crippen LogP contribution in [0.3, 0.4) is 0 Å². The Morgan fingerprint density at radius 2 is 2.12 bits per heavy atom. The number of aromatic nitrogens is 1. The van der Waals surface area contributed by atoms with E-state index in [1.54, 1.807) is 0 Å². The summed E-state index contributed by atoms with van der Waals surface area (Å²) in [5.41, 5.74) is 2.94. The Morgan fingerprint density at radius 3 is 2.88 bits per heavy atom. The molecule has 2 atom stereocenters. The highest BCUT2D eigenvalue weighted by atomic mass is 35.5. The Labute approximate surface area is 159 Å². The molecule has 1 aromatic heterocycles. The molecule has 1 amide bonds. The van der Waals surface area contributed by atoms with Gasteiger partial charge in [0.1, 0.15) is 0 Å². The van der Waals surface area contributed by atoms with Crippen molar-refractivity contribution in [1.29, 1.82) is 0 Å². The minimum absolute atomic E-state index is 0.141. The number of nitrogens with zero attached hydrogens (tertiary/aromatic N) is 3. The molecule has 0 radical (unpaired) electrons. The molecule has 3 aliphatic heterocycles. The largest absolute Gasteiger partial charge is 0.334 e. The van der Waals surface area contributed by atoms with E-state index in [9.17, 15) is 4.79 Å². The fourth-order valence-corrected chi connectivity index (χ4v) is 4.37. The van der Waals surface area contributed by atoms with Gasteiger partial charge in [0, 0.05) is 55.2 Å². The first-order valence-electron chi connectivity index (χ1n) is 9.28. The maximum absolute atomic E-state index is 13.1. The summed E-state index contributed by atoms with van der Waals surface area (Å²) in [5, 5.41) is 0.710. The van der Waals surface area contributed by atoms with Crippen LogP contribution in [0, 0.1) is 12.8 Å². The third-order valence-electron chi connectivity index (χ3n) is 5.58. The molecule has 136 valence electrons. The van der Waals surface area contributed by atoms with E-state index in [4.69, 9.17) is 11.6 Å². The number of carbonyl (C=O) groups is 1. The number of hydrogen-bond acceptors (Lipinski definition) is 3. The normalized spacial score (nSPS) is 23.1. The zero-order chi connectivity index (χ0) is 18.1. The first-order valence-corrected chi connectivity index (χ1v) is 9.66. The molecule has 26 heavy (non-hydrogen) atoms. The third kappa shape index (κ3) is 3.62. The van der Waals surface area contributed by atoms with E-state index in [2.05, 4.69) is 20.9 Å². The zero-order valence-electron chi connectivity index (χ0n) is 15.1. The van der Waals surface area contributed by atoms with E-state index in [1.165, 1.54) is 12.0 Å². The van der Waals surface area contributed by atoms with Crippen LogP contribution in [0.15, 0.2) is 42.7 Å². The van der Waals surface area contributed by atoms with Crippen molar-refractivity contribution in [2.75, 3.05) is 19.6 Å². The summed E-state index contributed by atoms with van der Waals surface area (Å²) in [6.07, 6.45) is 6.04. The number of carbonyl (C=O) groups excluding carboxylic acids is 1. The quantitative estimate of drug-likeness (QED) is 0.826. The van der Waals surface area contributed by atoms with E-state index in [1.807, 2.05) is 43.6 Å². The average molecular weight is 370 g/mol. The summed E-state index contributed by atoms with van der Waals surface area (Å²) in [4.78, 5) is 21.9. The Morgan fingerprint density at radius 1 is 1.23 bits per heavy atom. The molecule has 4 heterocycles. The van der Waals surface area contributed by atoms with Crippen LogP contribution in [0.2, 0.25) is 5.02 Å². The molecule has 0 aliphatic carbocycles. The summed E-state index contributed by atoms with van der Waals surface area (Å²) in [5.74, 6) is 0.686. The lowest BCUT2D eigenvalue weighted by Crippen LogP contribution is -2.47. The third-order valence-corrected chi connectivity index (χ3v) is 6.01. The van der Waals surface area contributed by atoms with Gasteiger partial charge in [-0.15, -0.1) is 0 Å². The van der Waals surface area contributed by atoms with Gasteiger partial charge in [-0.2, -0.15) is 0 Å². The molecule has 3 saturated heterocycles. The van der Waals surface area contributed by atoms with Crippen molar-refractivity contribution in [1.82, 2.24) is 14.8 Å². The van der Waals surface area contributed by atoms with E-state index in [0.717, 1.165) is 43.7 Å². The first-order chi connectivity index (χ1) is 12.6. The van der Waals surface area contributed by atoms with Crippen LogP contribution in [0.5, 0.6) is 0 Å². The van der Waals surface area contributed by atoms with Gasteiger partial charge in [0.15, 0.2) is 0 Å². The van der Waals surface area contributed by atoms with Gasteiger partial charge in [-0.3, -0.25) is 14.7 Å². The molecule has 0 spiro atoms. The molecule has 5 heteroatoms. The summed E-state index contributed by atoms with van der Waals surface area (Å²) in [6.45, 7) is 5.69. The fourth-order valence-electron chi connectivity index (χ4n) is 4.25. The van der Waals surface area contributed by atoms with E-state index >= 15 is 0 Å². The van der Waals surface area contributed by atoms with Crippen LogP contribution in [-0.2, 0) is 6.54 Å². The maximum Gasteiger partial charge on any atom is 0.254 e. The van der Waals surface area contributed by atoms with Crippen LogP contribution in [0.1, 0.15) is 34.3 Å². The first kappa shape index (κ1) is 17.5. The zero-order valence-corrected chi connectivity index (χ0v) is 15.8. The van der Waals surface area contributed by atoms with Crippen molar-refractivity contribution in [3.63, 3.8) is 0 Å². The van der Waals surface area contributed by atoms with Crippen LogP contribution in [-0.4, -0.2) is 46.4 Å². The molecule has 0 saturated carbocycles. The number of piperidine rings is 1. The van der Waals surface area contributed by atoms with Gasteiger partial charge < -0.3 is 4.90 Å². The summed E-state index contributed by atoms with van der Waals surface area (Å²) in [7, 11) is 0. The lowest BCUT2D eigenvalue weighted by Gasteiger charge is -2.36. The van der Waals surface area contributed by atoms with Gasteiger partial charge in [0.2, 0.25) is 0 Å². The second kappa shape index (κ2) is 7.37. The second-order valence-corrected chi connectivity index (χ2v) is 7.98. The number of halogens is 1. The van der Waals surface area contributed by atoms with Crippen molar-refractivity contribution in [3.05, 3.63) is 64.4 Å². The van der Waals surface area contributed by atoms with Crippen molar-refractivity contribution < 1.29 is 4.79 Å². The van der Waals surface area contributed by atoms with Crippen LogP contribution < -0.4 is 0 Å². The van der Waals surface area contributed by atoms with Gasteiger partial charge in [0.05, 0.1) is 0 Å². The van der Waals surface area contributed by atoms with Crippen LogP contribution in [0.25, 0.3) is 0 Å². The van der Waals surface area contributed by atoms with E-state index in [-0.39, 0.29) is 11.9 Å². The molecular formula is C21H24ClN3O. The number of fused-ring (bicyclic) bond motifs is 4. The highest BCUT2D eigenvalue weighted by Gasteiger charge is 2.37. The van der Waals surface area contributed by atoms with Gasteiger partial charge in [-0.05, 0) is 61.1 Å². The van der Waals surface area contributed by atoms with Crippen molar-refractivity contribution >= 4 is 17.5 Å². The lowest BCUT2D eigenvalue weighted by molar-refractivity contribution is 0.0585. The van der Waals surface area contributed by atoms with Crippen molar-refractivity contribution in [2.45, 2.75) is 32.4 Å². The van der Waals surface area contributed by atoms with Gasteiger partial charge in [0.25, 0.3) is 5.91 Å². The molecule has 0 N–H and O–H groups in total. The number of rotatable bonds is 3. The highest BCUT2D eigenvalue weighted by Crippen LogP contribution is 2.30. The Bertz CT molecular complexity index is 795. The number of aryl methyl sites for hydroxylation is 1. The molecule has 3 fully saturated rings. The highest BCUT2D eigenvalue weighted by molar-refractivity contribution is 6.31. The van der Waals surface area contributed by atoms with E-state index < -0.39 is 0 Å². The number of amides is 1. The van der Waals surface area contributed by atoms with Gasteiger partial charge >= 0.3 is 0 Å². The second-order valence-electron chi connectivity index (χ2n) is 7.57. The Balaban J connectivity index is 1.51. The molecule has 1 aromatic carbocycles. The molecule has 2 bridgehead atoms. The van der Waals surface area contributed by atoms with Gasteiger partial charge in [-0.25, -0.2) is 0 Å². The topological polar surface area (TPSA) is 36.4 Å². The van der Waals surface area contributed by atoms with Crippen molar-refractivity contribution in [2.24, 2.45) is 5.92 Å². The number of benzene rings is 1. The lowest BCUT2D eigenvalue weighted by atomic mass is 9.94. The molecule has 5 rings (SSSR count). The molecular weight excluding hydrogens is 346 g/mol. The predicted octanol–water partition coefficient (Wildman–Crippen LogP) is 3.78. The molecule has 3 aliphatic rings. The van der Waals surface area contributed by atoms with Gasteiger partial charge in [-0.1, -0.05) is 17.7 Å². The number of pyridine rings is 1. The number of hydrogen-bond donors (Lipinski definition) is 0. The Hall–Kier alpha value is -1.91. The average Bonchev–Trinajstić information content (AvgIpc) is 2.95. The Kier molecular flexibility index (Phi) is 4.96. The minimum Gasteiger partial charge on any atom is -0.334 e. The molecule has 4 nitrogen and oxygen atoms in total. The predicted molar refractivity (Wildman–Crippen MR) is 103 cm³/mol. The molecule has 2 aromatic rings. The monoisotopic (exact) mass is 369 g/mol. The van der Waals surface area contributed by atoms with Crippen LogP contribution in [0.4, 0.5) is 0 Å². The van der Waals surface area contributed by atoms with E-state index in [0.29, 0.717) is 10.9 Å². The summed E-state index contributed by atoms with van der Waals surface area (Å²) >= 11 is 6.12. The minimum atomic E-state index is 0.141. The smallest absolute Gasteiger partial charge is 0.254 e. The van der Waals surface area contributed by atoms with Crippen LogP contribution >= 0.6 is 11.6 Å². The standard InChI is InChI=1S/C21H24ClN3O/c1-15-9-18(5-7-20(15)22)21(26)25-13-17-4-6-19(25)14-24(12-17)11-16-3-2-8-23-10-16/h2-3,5,7-10,17,19H,4,6,11-14H2,1H3/t17-,19+/m0/s1. The van der Waals surface area contributed by atoms with Crippen molar-refractivity contribution in [3.8, 4) is 0 Å². The SMILES string of the molecule is Cc1cc(C(=O)N2C[C@H]3CC[C@@H]2CN(Cc2cccnc2)C3)ccc1Cl. The molecule has 0 unspecified atom stereocenters. The maximum atomic E-state index is 13.1. The fraction of sp³-hybridized carbons (Fsp3) is 0.429.